The van der Waals surface area contributed by atoms with Gasteiger partial charge < -0.3 is 20.8 Å². The van der Waals surface area contributed by atoms with Crippen LogP contribution in [-0.4, -0.2) is 68.7 Å². The molecule has 1 saturated heterocycles. The number of nitrogens with one attached hydrogen (secondary N) is 3. The molecule has 1 aromatic carbocycles. The number of benzene rings is 1. The molecule has 11 nitrogen and oxygen atoms in total. The van der Waals surface area contributed by atoms with Crippen molar-refractivity contribution in [1.29, 1.82) is 0 Å². The van der Waals surface area contributed by atoms with Gasteiger partial charge in [0.1, 0.15) is 5.52 Å². The van der Waals surface area contributed by atoms with Crippen LogP contribution in [0.1, 0.15) is 32.2 Å². The molecule has 198 valence electrons. The largest absolute Gasteiger partial charge is 0.379 e. The number of aromatic amines is 1. The van der Waals surface area contributed by atoms with E-state index in [4.69, 9.17) is 20.4 Å². The smallest absolute Gasteiger partial charge is 0.321 e. The van der Waals surface area contributed by atoms with Crippen molar-refractivity contribution in [2.45, 2.75) is 32.9 Å². The van der Waals surface area contributed by atoms with Crippen LogP contribution in [0.4, 0.5) is 10.7 Å². The molecule has 0 aliphatic carbocycles. The number of amides is 2. The number of pyridine rings is 1. The number of nitrogens with zero attached hydrogens (tertiary/aromatic N) is 5. The van der Waals surface area contributed by atoms with Crippen molar-refractivity contribution in [2.24, 2.45) is 5.73 Å². The molecule has 4 heterocycles. The highest BCUT2D eigenvalue weighted by molar-refractivity contribution is 5.97. The zero-order chi connectivity index (χ0) is 26.7. The number of fused-ring (bicyclic) bond motifs is 1. The lowest BCUT2D eigenvalue weighted by Gasteiger charge is -2.26. The average Bonchev–Trinajstić information content (AvgIpc) is 3.31. The van der Waals surface area contributed by atoms with E-state index in [1.54, 1.807) is 6.20 Å². The Morgan fingerprint density at radius 1 is 1.13 bits per heavy atom. The molecule has 3 aromatic heterocycles. The van der Waals surface area contributed by atoms with Gasteiger partial charge in [0.2, 0.25) is 5.95 Å². The molecule has 38 heavy (non-hydrogen) atoms. The number of anilines is 1. The summed E-state index contributed by atoms with van der Waals surface area (Å²) in [6.07, 6.45) is 3.58. The Balaban J connectivity index is 1.54. The van der Waals surface area contributed by atoms with Gasteiger partial charge in [0.25, 0.3) is 0 Å². The van der Waals surface area contributed by atoms with Gasteiger partial charge in [0.15, 0.2) is 5.82 Å². The molecule has 0 atom stereocenters. The van der Waals surface area contributed by atoms with Crippen LogP contribution in [0.5, 0.6) is 0 Å². The van der Waals surface area contributed by atoms with Crippen molar-refractivity contribution in [3.63, 3.8) is 0 Å². The second-order valence-electron chi connectivity index (χ2n) is 9.90. The number of imidazole rings is 1. The SMILES string of the molecule is CCNC(=O)Nc1nc2c(-c3nccc(C(C)(C)N)n3)cc(-c3ccc(CN4CCOCC4)nc3)cc2[nH]1. The van der Waals surface area contributed by atoms with Crippen molar-refractivity contribution in [1.82, 2.24) is 35.1 Å². The van der Waals surface area contributed by atoms with Gasteiger partial charge in [0, 0.05) is 49.7 Å². The molecular weight excluding hydrogens is 482 g/mol. The van der Waals surface area contributed by atoms with Crippen LogP contribution in [-0.2, 0) is 16.8 Å². The summed E-state index contributed by atoms with van der Waals surface area (Å²) in [6, 6.07) is 9.59. The quantitative estimate of drug-likeness (QED) is 0.293. The van der Waals surface area contributed by atoms with Crippen LogP contribution in [0.2, 0.25) is 0 Å². The second-order valence-corrected chi connectivity index (χ2v) is 9.90. The molecule has 2 amide bonds. The van der Waals surface area contributed by atoms with Crippen molar-refractivity contribution >= 4 is 23.0 Å². The monoisotopic (exact) mass is 515 g/mol. The summed E-state index contributed by atoms with van der Waals surface area (Å²) in [5.74, 6) is 0.833. The zero-order valence-corrected chi connectivity index (χ0v) is 21.9. The zero-order valence-electron chi connectivity index (χ0n) is 21.9. The molecule has 0 radical (unpaired) electrons. The Bertz CT molecular complexity index is 1420. The summed E-state index contributed by atoms with van der Waals surface area (Å²) < 4.78 is 5.44. The van der Waals surface area contributed by atoms with E-state index in [0.29, 0.717) is 29.5 Å². The number of hydrogen-bond acceptors (Lipinski definition) is 8. The van der Waals surface area contributed by atoms with Gasteiger partial charge >= 0.3 is 6.03 Å². The van der Waals surface area contributed by atoms with Crippen LogP contribution < -0.4 is 16.4 Å². The van der Waals surface area contributed by atoms with Gasteiger partial charge in [-0.3, -0.25) is 15.2 Å². The number of urea groups is 1. The minimum Gasteiger partial charge on any atom is -0.379 e. The van der Waals surface area contributed by atoms with Crippen LogP contribution in [0, 0.1) is 0 Å². The molecule has 5 N–H and O–H groups in total. The summed E-state index contributed by atoms with van der Waals surface area (Å²) in [7, 11) is 0. The standard InChI is InChI=1S/C27H33N9O2/c1-4-29-26(37)35-25-32-21-14-18(17-5-6-19(31-15-17)16-36-9-11-38-12-10-36)13-20(23(21)34-25)24-30-8-7-22(33-24)27(2,3)28/h5-8,13-15H,4,9-12,16,28H2,1-3H3,(H3,29,32,34,35,37). The Kier molecular flexibility index (Phi) is 7.32. The molecule has 1 aliphatic heterocycles. The van der Waals surface area contributed by atoms with E-state index in [2.05, 4.69) is 42.6 Å². The van der Waals surface area contributed by atoms with Crippen molar-refractivity contribution < 1.29 is 9.53 Å². The van der Waals surface area contributed by atoms with Gasteiger partial charge in [-0.2, -0.15) is 0 Å². The normalized spacial score (nSPS) is 14.5. The van der Waals surface area contributed by atoms with Crippen LogP contribution in [0.15, 0.2) is 42.7 Å². The second kappa shape index (κ2) is 10.8. The fourth-order valence-corrected chi connectivity index (χ4v) is 4.35. The summed E-state index contributed by atoms with van der Waals surface area (Å²) in [5.41, 5.74) is 11.4. The third kappa shape index (κ3) is 5.80. The number of carbonyl (C=O) groups is 1. The Morgan fingerprint density at radius 2 is 1.95 bits per heavy atom. The average molecular weight is 516 g/mol. The lowest BCUT2D eigenvalue weighted by atomic mass is 10.0. The molecular formula is C27H33N9O2. The summed E-state index contributed by atoms with van der Waals surface area (Å²) in [5, 5.41) is 5.46. The Labute approximate surface area is 221 Å². The summed E-state index contributed by atoms with van der Waals surface area (Å²) >= 11 is 0. The van der Waals surface area contributed by atoms with Gasteiger partial charge in [-0.25, -0.2) is 19.7 Å². The molecule has 4 aromatic rings. The first-order valence-electron chi connectivity index (χ1n) is 12.8. The van der Waals surface area contributed by atoms with Gasteiger partial charge in [-0.15, -0.1) is 0 Å². The predicted octanol–water partition coefficient (Wildman–Crippen LogP) is 3.25. The van der Waals surface area contributed by atoms with E-state index >= 15 is 0 Å². The van der Waals surface area contributed by atoms with Crippen molar-refractivity contribution in [3.8, 4) is 22.5 Å². The van der Waals surface area contributed by atoms with E-state index in [0.717, 1.165) is 60.7 Å². The number of rotatable bonds is 7. The topological polar surface area (TPSA) is 147 Å². The first kappa shape index (κ1) is 25.7. The molecule has 1 fully saturated rings. The van der Waals surface area contributed by atoms with Crippen LogP contribution in [0.25, 0.3) is 33.5 Å². The molecule has 0 saturated carbocycles. The van der Waals surface area contributed by atoms with E-state index in [1.165, 1.54) is 0 Å². The lowest BCUT2D eigenvalue weighted by Crippen LogP contribution is -2.35. The molecule has 0 spiro atoms. The van der Waals surface area contributed by atoms with Crippen molar-refractivity contribution in [2.75, 3.05) is 38.2 Å². The maximum Gasteiger partial charge on any atom is 0.321 e. The van der Waals surface area contributed by atoms with Gasteiger partial charge in [-0.05, 0) is 50.6 Å². The molecule has 5 rings (SSSR count). The van der Waals surface area contributed by atoms with E-state index in [-0.39, 0.29) is 6.03 Å². The molecule has 0 unspecified atom stereocenters. The van der Waals surface area contributed by atoms with E-state index in [1.807, 2.05) is 45.2 Å². The molecule has 1 aliphatic rings. The Morgan fingerprint density at radius 3 is 2.66 bits per heavy atom. The number of H-pyrrole nitrogens is 1. The number of morpholine rings is 1. The minimum atomic E-state index is -0.634. The number of ether oxygens (including phenoxy) is 1. The maximum atomic E-state index is 12.1. The van der Waals surface area contributed by atoms with Crippen LogP contribution >= 0.6 is 0 Å². The van der Waals surface area contributed by atoms with E-state index < -0.39 is 5.54 Å². The minimum absolute atomic E-state index is 0.332. The first-order chi connectivity index (χ1) is 18.3. The summed E-state index contributed by atoms with van der Waals surface area (Å²) in [4.78, 5) is 36.3. The van der Waals surface area contributed by atoms with Crippen molar-refractivity contribution in [3.05, 3.63) is 54.1 Å². The fraction of sp³-hybridized carbons (Fsp3) is 0.370. The number of carbonyl (C=O) groups excluding carboxylic acids is 1. The lowest BCUT2D eigenvalue weighted by molar-refractivity contribution is 0.0336. The third-order valence-electron chi connectivity index (χ3n) is 6.36. The summed E-state index contributed by atoms with van der Waals surface area (Å²) in [6.45, 7) is 10.3. The predicted molar refractivity (Wildman–Crippen MR) is 146 cm³/mol. The van der Waals surface area contributed by atoms with Gasteiger partial charge in [-0.1, -0.05) is 6.07 Å². The highest BCUT2D eigenvalue weighted by Gasteiger charge is 2.20. The first-order valence-corrected chi connectivity index (χ1v) is 12.8. The highest BCUT2D eigenvalue weighted by Crippen LogP contribution is 2.33. The number of aromatic nitrogens is 5. The Hall–Kier alpha value is -3.93. The maximum absolute atomic E-state index is 12.1. The molecule has 0 bridgehead atoms. The third-order valence-corrected chi connectivity index (χ3v) is 6.36. The van der Waals surface area contributed by atoms with Gasteiger partial charge in [0.05, 0.1) is 35.7 Å². The van der Waals surface area contributed by atoms with E-state index in [9.17, 15) is 4.79 Å². The number of nitrogens with two attached hydrogens (primary N) is 1. The fourth-order valence-electron chi connectivity index (χ4n) is 4.35. The molecule has 11 heteroatoms. The highest BCUT2D eigenvalue weighted by atomic mass is 16.5. The number of hydrogen-bond donors (Lipinski definition) is 4. The van der Waals surface area contributed by atoms with Crippen LogP contribution in [0.3, 0.4) is 0 Å².